The quantitative estimate of drug-likeness (QED) is 0.261. The Morgan fingerprint density at radius 3 is 2.39 bits per heavy atom. The van der Waals surface area contributed by atoms with Crippen molar-refractivity contribution in [2.45, 2.75) is 57.2 Å². The second kappa shape index (κ2) is 14.0. The van der Waals surface area contributed by atoms with Gasteiger partial charge in [0.1, 0.15) is 11.8 Å². The summed E-state index contributed by atoms with van der Waals surface area (Å²) < 4.78 is 6.64. The van der Waals surface area contributed by atoms with Crippen LogP contribution in [-0.2, 0) is 22.6 Å². The number of nitrogens with zero attached hydrogens (tertiary/aromatic N) is 1. The number of carbonyl (C=O) groups is 2. The SMILES string of the molecule is O=C(NC1CCCCC1)[C@H](Cc1ccccc1)N(Cc1cccc(Cl)c1)C(=O)COc1ccc(Br)cc1Cl. The molecule has 0 heterocycles. The van der Waals surface area contributed by atoms with E-state index in [1.54, 1.807) is 29.2 Å². The van der Waals surface area contributed by atoms with Crippen LogP contribution < -0.4 is 10.1 Å². The summed E-state index contributed by atoms with van der Waals surface area (Å²) in [7, 11) is 0. The van der Waals surface area contributed by atoms with Crippen LogP contribution in [0.3, 0.4) is 0 Å². The van der Waals surface area contributed by atoms with Crippen LogP contribution in [0.2, 0.25) is 10.0 Å². The molecule has 2 amide bonds. The largest absolute Gasteiger partial charge is 0.482 e. The maximum Gasteiger partial charge on any atom is 0.261 e. The van der Waals surface area contributed by atoms with E-state index in [9.17, 15) is 9.59 Å². The number of amides is 2. The molecule has 38 heavy (non-hydrogen) atoms. The second-order valence-electron chi connectivity index (χ2n) is 9.56. The number of carbonyl (C=O) groups excluding carboxylic acids is 2. The van der Waals surface area contributed by atoms with Crippen LogP contribution in [0.5, 0.6) is 5.75 Å². The van der Waals surface area contributed by atoms with Crippen LogP contribution in [0.1, 0.15) is 43.2 Å². The monoisotopic (exact) mass is 616 g/mol. The van der Waals surface area contributed by atoms with Gasteiger partial charge in [-0.15, -0.1) is 0 Å². The molecule has 0 bridgehead atoms. The molecule has 3 aromatic carbocycles. The van der Waals surface area contributed by atoms with Gasteiger partial charge in [-0.05, 0) is 54.3 Å². The molecule has 1 aliphatic rings. The van der Waals surface area contributed by atoms with Gasteiger partial charge >= 0.3 is 0 Å². The van der Waals surface area contributed by atoms with Crippen molar-refractivity contribution in [3.63, 3.8) is 0 Å². The highest BCUT2D eigenvalue weighted by molar-refractivity contribution is 9.10. The molecule has 1 fully saturated rings. The van der Waals surface area contributed by atoms with E-state index in [-0.39, 0.29) is 31.0 Å². The van der Waals surface area contributed by atoms with Crippen LogP contribution in [0.15, 0.2) is 77.3 Å². The minimum absolute atomic E-state index is 0.121. The fraction of sp³-hybridized carbons (Fsp3) is 0.333. The lowest BCUT2D eigenvalue weighted by molar-refractivity contribution is -0.143. The molecular formula is C30H31BrCl2N2O3. The lowest BCUT2D eigenvalue weighted by atomic mass is 9.94. The van der Waals surface area contributed by atoms with Crippen LogP contribution in [0.4, 0.5) is 0 Å². The van der Waals surface area contributed by atoms with Gasteiger partial charge in [0, 0.05) is 28.5 Å². The topological polar surface area (TPSA) is 58.6 Å². The fourth-order valence-corrected chi connectivity index (χ4v) is 5.69. The number of hydrogen-bond donors (Lipinski definition) is 1. The lowest BCUT2D eigenvalue weighted by Crippen LogP contribution is -2.53. The molecule has 0 unspecified atom stereocenters. The Kier molecular flexibility index (Phi) is 10.5. The third-order valence-corrected chi connectivity index (χ3v) is 7.73. The summed E-state index contributed by atoms with van der Waals surface area (Å²) in [6.07, 6.45) is 5.68. The molecular weight excluding hydrogens is 587 g/mol. The summed E-state index contributed by atoms with van der Waals surface area (Å²) in [6.45, 7) is -0.0453. The molecule has 1 saturated carbocycles. The van der Waals surface area contributed by atoms with E-state index in [0.29, 0.717) is 22.2 Å². The van der Waals surface area contributed by atoms with E-state index in [2.05, 4.69) is 21.2 Å². The second-order valence-corrected chi connectivity index (χ2v) is 11.3. The van der Waals surface area contributed by atoms with Gasteiger partial charge in [-0.2, -0.15) is 0 Å². The van der Waals surface area contributed by atoms with Crippen molar-refractivity contribution in [2.75, 3.05) is 6.61 Å². The van der Waals surface area contributed by atoms with Crippen LogP contribution in [0.25, 0.3) is 0 Å². The predicted octanol–water partition coefficient (Wildman–Crippen LogP) is 7.22. The number of ether oxygens (including phenoxy) is 1. The Morgan fingerprint density at radius 2 is 1.68 bits per heavy atom. The first-order valence-corrected chi connectivity index (χ1v) is 14.4. The van der Waals surface area contributed by atoms with Crippen molar-refractivity contribution < 1.29 is 14.3 Å². The third-order valence-electron chi connectivity index (χ3n) is 6.71. The van der Waals surface area contributed by atoms with E-state index < -0.39 is 6.04 Å². The highest BCUT2D eigenvalue weighted by Gasteiger charge is 2.32. The summed E-state index contributed by atoms with van der Waals surface area (Å²) in [5.41, 5.74) is 1.80. The Balaban J connectivity index is 1.62. The molecule has 0 saturated heterocycles. The summed E-state index contributed by atoms with van der Waals surface area (Å²) in [4.78, 5) is 29.1. The van der Waals surface area contributed by atoms with Crippen molar-refractivity contribution >= 4 is 50.9 Å². The molecule has 200 valence electrons. The zero-order chi connectivity index (χ0) is 26.9. The average Bonchev–Trinajstić information content (AvgIpc) is 2.91. The predicted molar refractivity (Wildman–Crippen MR) is 156 cm³/mol. The van der Waals surface area contributed by atoms with E-state index in [0.717, 1.165) is 41.3 Å². The molecule has 0 aliphatic heterocycles. The number of benzene rings is 3. The Labute approximate surface area is 242 Å². The zero-order valence-corrected chi connectivity index (χ0v) is 24.1. The van der Waals surface area contributed by atoms with E-state index >= 15 is 0 Å². The van der Waals surface area contributed by atoms with Crippen LogP contribution in [-0.4, -0.2) is 35.4 Å². The third kappa shape index (κ3) is 8.23. The van der Waals surface area contributed by atoms with Crippen molar-refractivity contribution in [1.82, 2.24) is 10.2 Å². The molecule has 3 aromatic rings. The number of nitrogens with one attached hydrogen (secondary N) is 1. The maximum atomic E-state index is 13.8. The normalized spacial score (nSPS) is 14.5. The molecule has 1 N–H and O–H groups in total. The smallest absolute Gasteiger partial charge is 0.261 e. The van der Waals surface area contributed by atoms with Crippen molar-refractivity contribution in [3.05, 3.63) is 98.4 Å². The van der Waals surface area contributed by atoms with Crippen molar-refractivity contribution in [2.24, 2.45) is 0 Å². The van der Waals surface area contributed by atoms with E-state index in [4.69, 9.17) is 27.9 Å². The van der Waals surface area contributed by atoms with Crippen molar-refractivity contribution in [1.29, 1.82) is 0 Å². The molecule has 0 aromatic heterocycles. The summed E-state index contributed by atoms with van der Waals surface area (Å²) in [5, 5.41) is 4.20. The minimum Gasteiger partial charge on any atom is -0.482 e. The van der Waals surface area contributed by atoms with Crippen LogP contribution in [0, 0.1) is 0 Å². The average molecular weight is 618 g/mol. The molecule has 0 spiro atoms. The standard InChI is InChI=1S/C30H31BrCl2N2O3/c31-23-14-15-28(26(33)18-23)38-20-29(36)35(19-22-10-7-11-24(32)16-22)27(17-21-8-3-1-4-9-21)30(37)34-25-12-5-2-6-13-25/h1,3-4,7-11,14-16,18,25,27H,2,5-6,12-13,17,19-20H2,(H,34,37)/t27-/m0/s1. The number of rotatable bonds is 10. The lowest BCUT2D eigenvalue weighted by Gasteiger charge is -2.33. The molecule has 4 rings (SSSR count). The van der Waals surface area contributed by atoms with E-state index in [1.807, 2.05) is 48.5 Å². The molecule has 1 atom stereocenters. The van der Waals surface area contributed by atoms with Gasteiger partial charge in [-0.3, -0.25) is 9.59 Å². The van der Waals surface area contributed by atoms with Gasteiger partial charge < -0.3 is 15.0 Å². The summed E-state index contributed by atoms with van der Waals surface area (Å²) >= 11 is 15.9. The number of hydrogen-bond acceptors (Lipinski definition) is 3. The Morgan fingerprint density at radius 1 is 0.947 bits per heavy atom. The summed E-state index contributed by atoms with van der Waals surface area (Å²) in [6, 6.07) is 21.7. The maximum absolute atomic E-state index is 13.8. The Hall–Kier alpha value is -2.54. The molecule has 5 nitrogen and oxygen atoms in total. The van der Waals surface area contributed by atoms with Gasteiger partial charge in [-0.25, -0.2) is 0 Å². The molecule has 8 heteroatoms. The van der Waals surface area contributed by atoms with E-state index in [1.165, 1.54) is 6.42 Å². The van der Waals surface area contributed by atoms with Gasteiger partial charge in [0.05, 0.1) is 5.02 Å². The Bertz CT molecular complexity index is 1240. The first kappa shape index (κ1) is 28.5. The first-order valence-electron chi connectivity index (χ1n) is 12.8. The molecule has 0 radical (unpaired) electrons. The molecule has 1 aliphatic carbocycles. The van der Waals surface area contributed by atoms with Crippen molar-refractivity contribution in [3.8, 4) is 5.75 Å². The van der Waals surface area contributed by atoms with Gasteiger partial charge in [0.25, 0.3) is 5.91 Å². The van der Waals surface area contributed by atoms with Gasteiger partial charge in [-0.1, -0.05) is 101 Å². The first-order chi connectivity index (χ1) is 18.4. The van der Waals surface area contributed by atoms with Gasteiger partial charge in [0.15, 0.2) is 6.61 Å². The highest BCUT2D eigenvalue weighted by atomic mass is 79.9. The number of halogens is 3. The van der Waals surface area contributed by atoms with Gasteiger partial charge in [0.2, 0.25) is 5.91 Å². The fourth-order valence-electron chi connectivity index (χ4n) is 4.74. The minimum atomic E-state index is -0.727. The zero-order valence-electron chi connectivity index (χ0n) is 21.0. The summed E-state index contributed by atoms with van der Waals surface area (Å²) in [5.74, 6) is -0.0707. The highest BCUT2D eigenvalue weighted by Crippen LogP contribution is 2.28. The van der Waals surface area contributed by atoms with Crippen LogP contribution >= 0.6 is 39.1 Å².